The van der Waals surface area contributed by atoms with E-state index in [0.29, 0.717) is 0 Å². The predicted molar refractivity (Wildman–Crippen MR) is 169 cm³/mol. The molecule has 0 saturated carbocycles. The van der Waals surface area contributed by atoms with Gasteiger partial charge in [0.15, 0.2) is 0 Å². The second-order valence-corrected chi connectivity index (χ2v) is 12.8. The molecule has 0 saturated heterocycles. The minimum atomic E-state index is 1.06. The summed E-state index contributed by atoms with van der Waals surface area (Å²) in [5.74, 6) is 5.85. The van der Waals surface area contributed by atoms with Crippen LogP contribution in [0.25, 0.3) is 0 Å². The molecular formula is C33H60OS2. The van der Waals surface area contributed by atoms with E-state index in [1.54, 1.807) is 0 Å². The first-order chi connectivity index (χ1) is 17.8. The molecule has 210 valence electrons. The molecule has 0 spiro atoms. The lowest BCUT2D eigenvalue weighted by Crippen LogP contribution is -1.94. The maximum atomic E-state index is 5.65. The molecule has 0 bridgehead atoms. The van der Waals surface area contributed by atoms with Gasteiger partial charge in [-0.15, -0.1) is 0 Å². The van der Waals surface area contributed by atoms with Crippen molar-refractivity contribution in [3.05, 3.63) is 29.3 Å². The zero-order chi connectivity index (χ0) is 25.9. The Bertz CT molecular complexity index is 589. The smallest absolute Gasteiger partial charge is 0.122 e. The van der Waals surface area contributed by atoms with Gasteiger partial charge in [-0.2, -0.15) is 23.5 Å². The molecule has 3 heteroatoms. The fraction of sp³-hybridized carbons (Fsp3) is 0.818. The summed E-state index contributed by atoms with van der Waals surface area (Å²) in [5.41, 5.74) is 2.84. The lowest BCUT2D eigenvalue weighted by Gasteiger charge is -2.11. The topological polar surface area (TPSA) is 9.23 Å². The maximum Gasteiger partial charge on any atom is 0.122 e. The number of methoxy groups -OCH3 is 1. The number of ether oxygens (including phenoxy) is 1. The van der Waals surface area contributed by atoms with Gasteiger partial charge in [0, 0.05) is 17.1 Å². The van der Waals surface area contributed by atoms with Gasteiger partial charge in [0.2, 0.25) is 0 Å². The van der Waals surface area contributed by atoms with Crippen molar-refractivity contribution in [3.8, 4) is 5.75 Å². The van der Waals surface area contributed by atoms with Gasteiger partial charge in [0.25, 0.3) is 0 Å². The van der Waals surface area contributed by atoms with Crippen molar-refractivity contribution >= 4 is 23.5 Å². The predicted octanol–water partition coefficient (Wildman–Crippen LogP) is 12.0. The molecule has 0 aliphatic carbocycles. The molecule has 0 N–H and O–H groups in total. The van der Waals surface area contributed by atoms with Crippen LogP contribution < -0.4 is 4.74 Å². The van der Waals surface area contributed by atoms with Gasteiger partial charge in [-0.25, -0.2) is 0 Å². The van der Waals surface area contributed by atoms with Gasteiger partial charge in [-0.05, 0) is 36.0 Å². The van der Waals surface area contributed by atoms with Crippen LogP contribution in [0, 0.1) is 0 Å². The summed E-state index contributed by atoms with van der Waals surface area (Å²) in [4.78, 5) is 0. The number of hydrogen-bond donors (Lipinski definition) is 0. The van der Waals surface area contributed by atoms with E-state index in [1.807, 2.05) is 7.11 Å². The van der Waals surface area contributed by atoms with E-state index < -0.39 is 0 Å². The van der Waals surface area contributed by atoms with Crippen LogP contribution in [-0.4, -0.2) is 18.6 Å². The summed E-state index contributed by atoms with van der Waals surface area (Å²) in [7, 11) is 1.81. The van der Waals surface area contributed by atoms with E-state index in [0.717, 1.165) is 17.3 Å². The molecule has 0 amide bonds. The highest BCUT2D eigenvalue weighted by Gasteiger charge is 2.06. The third-order valence-electron chi connectivity index (χ3n) is 7.16. The quantitative estimate of drug-likeness (QED) is 0.103. The molecule has 0 aliphatic rings. The Kier molecular flexibility index (Phi) is 24.7. The molecule has 1 aromatic rings. The molecular weight excluding hydrogens is 476 g/mol. The normalized spacial score (nSPS) is 11.3. The Morgan fingerprint density at radius 2 is 0.944 bits per heavy atom. The zero-order valence-corrected chi connectivity index (χ0v) is 26.1. The number of hydrogen-bond acceptors (Lipinski definition) is 3. The first kappa shape index (κ1) is 33.7. The van der Waals surface area contributed by atoms with E-state index >= 15 is 0 Å². The molecule has 36 heavy (non-hydrogen) atoms. The van der Waals surface area contributed by atoms with Gasteiger partial charge < -0.3 is 4.74 Å². The van der Waals surface area contributed by atoms with Crippen LogP contribution in [0.5, 0.6) is 5.75 Å². The second kappa shape index (κ2) is 26.3. The van der Waals surface area contributed by atoms with Crippen LogP contribution in [0.4, 0.5) is 0 Å². The van der Waals surface area contributed by atoms with Crippen molar-refractivity contribution in [2.75, 3.05) is 18.6 Å². The number of thioether (sulfide) groups is 2. The van der Waals surface area contributed by atoms with Gasteiger partial charge in [-0.3, -0.25) is 0 Å². The SMILES string of the molecule is CCCCCCCCCCCCSCc1ccc(OC)c(CSCCCCCCCCCCCC)c1. The van der Waals surface area contributed by atoms with Crippen LogP contribution in [-0.2, 0) is 11.5 Å². The fourth-order valence-electron chi connectivity index (χ4n) is 4.79. The average molecular weight is 537 g/mol. The number of unbranched alkanes of at least 4 members (excludes halogenated alkanes) is 18. The third kappa shape index (κ3) is 19.8. The number of rotatable bonds is 27. The molecule has 0 unspecified atom stereocenters. The molecule has 0 atom stereocenters. The zero-order valence-electron chi connectivity index (χ0n) is 24.4. The largest absolute Gasteiger partial charge is 0.496 e. The van der Waals surface area contributed by atoms with Crippen molar-refractivity contribution in [2.45, 2.75) is 154 Å². The molecule has 0 heterocycles. The Balaban J connectivity index is 2.06. The molecule has 0 fully saturated rings. The standard InChI is InChI=1S/C33H60OS2/c1-4-6-8-10-12-14-16-18-20-22-26-35-29-31-24-25-33(34-3)32(28-31)30-36-27-23-21-19-17-15-13-11-9-7-5-2/h24-25,28H,4-23,26-27,29-30H2,1-3H3. The lowest BCUT2D eigenvalue weighted by atomic mass is 10.1. The van der Waals surface area contributed by atoms with Gasteiger partial charge in [0.05, 0.1) is 7.11 Å². The Hall–Kier alpha value is -0.280. The van der Waals surface area contributed by atoms with E-state index in [-0.39, 0.29) is 0 Å². The first-order valence-corrected chi connectivity index (χ1v) is 17.9. The second-order valence-electron chi connectivity index (χ2n) is 10.6. The minimum Gasteiger partial charge on any atom is -0.496 e. The highest BCUT2D eigenvalue weighted by molar-refractivity contribution is 7.98. The Morgan fingerprint density at radius 1 is 0.528 bits per heavy atom. The van der Waals surface area contributed by atoms with Crippen LogP contribution in [0.1, 0.15) is 153 Å². The van der Waals surface area contributed by atoms with Crippen LogP contribution in [0.15, 0.2) is 18.2 Å². The summed E-state index contributed by atoms with van der Waals surface area (Å²) in [6.45, 7) is 4.59. The molecule has 0 radical (unpaired) electrons. The van der Waals surface area contributed by atoms with E-state index in [1.165, 1.54) is 151 Å². The van der Waals surface area contributed by atoms with Crippen molar-refractivity contribution in [3.63, 3.8) is 0 Å². The summed E-state index contributed by atoms with van der Waals surface area (Å²) >= 11 is 4.19. The van der Waals surface area contributed by atoms with Crippen molar-refractivity contribution in [1.82, 2.24) is 0 Å². The molecule has 0 aliphatic heterocycles. The average Bonchev–Trinajstić information content (AvgIpc) is 2.90. The fourth-order valence-corrected chi connectivity index (χ4v) is 6.76. The summed E-state index contributed by atoms with van der Waals surface area (Å²) in [6.07, 6.45) is 28.4. The third-order valence-corrected chi connectivity index (χ3v) is 9.36. The minimum absolute atomic E-state index is 1.06. The van der Waals surface area contributed by atoms with Crippen molar-refractivity contribution in [1.29, 1.82) is 0 Å². The molecule has 1 aromatic carbocycles. The maximum absolute atomic E-state index is 5.65. The van der Waals surface area contributed by atoms with Gasteiger partial charge >= 0.3 is 0 Å². The molecule has 0 aromatic heterocycles. The Morgan fingerprint density at radius 3 is 1.39 bits per heavy atom. The van der Waals surface area contributed by atoms with Crippen LogP contribution >= 0.6 is 23.5 Å². The summed E-state index contributed by atoms with van der Waals surface area (Å²) in [5, 5.41) is 0. The summed E-state index contributed by atoms with van der Waals surface area (Å²) in [6, 6.07) is 6.85. The number of benzene rings is 1. The van der Waals surface area contributed by atoms with E-state index in [9.17, 15) is 0 Å². The van der Waals surface area contributed by atoms with E-state index in [2.05, 4.69) is 55.6 Å². The monoisotopic (exact) mass is 536 g/mol. The van der Waals surface area contributed by atoms with Gasteiger partial charge in [0.1, 0.15) is 5.75 Å². The van der Waals surface area contributed by atoms with Crippen molar-refractivity contribution < 1.29 is 4.74 Å². The summed E-state index contributed by atoms with van der Waals surface area (Å²) < 4.78 is 5.65. The van der Waals surface area contributed by atoms with Crippen LogP contribution in [0.3, 0.4) is 0 Å². The highest BCUT2D eigenvalue weighted by Crippen LogP contribution is 2.27. The lowest BCUT2D eigenvalue weighted by molar-refractivity contribution is 0.411. The molecule has 1 rings (SSSR count). The Labute approximate surface area is 235 Å². The van der Waals surface area contributed by atoms with Crippen molar-refractivity contribution in [2.24, 2.45) is 0 Å². The highest BCUT2D eigenvalue weighted by atomic mass is 32.2. The molecule has 1 nitrogen and oxygen atoms in total. The van der Waals surface area contributed by atoms with Gasteiger partial charge in [-0.1, -0.05) is 142 Å². The van der Waals surface area contributed by atoms with E-state index in [4.69, 9.17) is 4.74 Å². The first-order valence-electron chi connectivity index (χ1n) is 15.6. The van der Waals surface area contributed by atoms with Crippen LogP contribution in [0.2, 0.25) is 0 Å².